The smallest absolute Gasteiger partial charge is 0.435 e. The minimum Gasteiger partial charge on any atom is -0.465 e. The first-order valence-corrected chi connectivity index (χ1v) is 11.1. The lowest BCUT2D eigenvalue weighted by Gasteiger charge is -2.34. The lowest BCUT2D eigenvalue weighted by Crippen LogP contribution is -2.25. The molecule has 0 fully saturated rings. The summed E-state index contributed by atoms with van der Waals surface area (Å²) >= 11 is 0. The average Bonchev–Trinajstić information content (AvgIpc) is 2.77. The van der Waals surface area contributed by atoms with Crippen molar-refractivity contribution in [3.05, 3.63) is 77.1 Å². The van der Waals surface area contributed by atoms with E-state index in [0.717, 1.165) is 11.8 Å². The molecule has 2 rings (SSSR count). The molecule has 2 aromatic rings. The normalized spacial score (nSPS) is 12.0. The van der Waals surface area contributed by atoms with Gasteiger partial charge in [0.25, 0.3) is 0 Å². The van der Waals surface area contributed by atoms with Crippen molar-refractivity contribution in [2.24, 2.45) is 0 Å². The van der Waals surface area contributed by atoms with Gasteiger partial charge >= 0.3 is 13.7 Å². The molecule has 0 aliphatic carbocycles. The van der Waals surface area contributed by atoms with Crippen LogP contribution in [0.2, 0.25) is 0 Å². The molecule has 0 radical (unpaired) electrons. The Bertz CT molecular complexity index is 1010. The number of rotatable bonds is 10. The molecule has 0 saturated heterocycles. The summed E-state index contributed by atoms with van der Waals surface area (Å²) in [6.45, 7) is 3.22. The minimum atomic E-state index is -4.10. The number of benzene rings is 2. The Morgan fingerprint density at radius 2 is 1.65 bits per heavy atom. The summed E-state index contributed by atoms with van der Waals surface area (Å²) < 4.78 is 45.6. The van der Waals surface area contributed by atoms with Crippen LogP contribution in [-0.4, -0.2) is 31.0 Å². The SMILES string of the molecule is CCOP(=O)(OCC)N(Cc1ccccc1)C(=C(C#N)C(=O)OC)c1ccccc1F. The lowest BCUT2D eigenvalue weighted by molar-refractivity contribution is -0.135. The molecular formula is C22H24FN2O5P. The van der Waals surface area contributed by atoms with Crippen LogP contribution < -0.4 is 0 Å². The molecule has 0 unspecified atom stereocenters. The molecule has 0 aromatic heterocycles. The van der Waals surface area contributed by atoms with E-state index in [1.54, 1.807) is 50.2 Å². The predicted molar refractivity (Wildman–Crippen MR) is 114 cm³/mol. The third-order valence-corrected chi connectivity index (χ3v) is 6.28. The maximum absolute atomic E-state index is 14.9. The van der Waals surface area contributed by atoms with Crippen LogP contribution in [-0.2, 0) is 29.7 Å². The van der Waals surface area contributed by atoms with Crippen molar-refractivity contribution in [2.45, 2.75) is 20.4 Å². The van der Waals surface area contributed by atoms with Crippen LogP contribution in [0.1, 0.15) is 25.0 Å². The largest absolute Gasteiger partial charge is 0.465 e. The summed E-state index contributed by atoms with van der Waals surface area (Å²) in [5, 5.41) is 9.76. The van der Waals surface area contributed by atoms with E-state index in [9.17, 15) is 19.0 Å². The fraction of sp³-hybridized carbons (Fsp3) is 0.273. The van der Waals surface area contributed by atoms with Gasteiger partial charge in [0, 0.05) is 5.56 Å². The summed E-state index contributed by atoms with van der Waals surface area (Å²) in [6, 6.07) is 16.2. The van der Waals surface area contributed by atoms with E-state index in [4.69, 9.17) is 13.8 Å². The Morgan fingerprint density at radius 3 is 2.16 bits per heavy atom. The summed E-state index contributed by atoms with van der Waals surface area (Å²) in [5.41, 5.74) is -0.192. The number of hydrogen-bond donors (Lipinski definition) is 0. The van der Waals surface area contributed by atoms with Crippen LogP contribution in [0.25, 0.3) is 5.70 Å². The number of carbonyl (C=O) groups is 1. The van der Waals surface area contributed by atoms with Gasteiger partial charge < -0.3 is 4.74 Å². The number of hydrogen-bond acceptors (Lipinski definition) is 6. The Hall–Kier alpha value is -2.98. The molecule has 0 saturated carbocycles. The number of methoxy groups -OCH3 is 1. The highest BCUT2D eigenvalue weighted by Gasteiger charge is 2.39. The van der Waals surface area contributed by atoms with Gasteiger partial charge in [0.05, 0.1) is 32.6 Å². The summed E-state index contributed by atoms with van der Waals surface area (Å²) in [5.74, 6) is -1.72. The highest BCUT2D eigenvalue weighted by Crippen LogP contribution is 2.57. The zero-order valence-electron chi connectivity index (χ0n) is 17.6. The van der Waals surface area contributed by atoms with Crippen LogP contribution in [0.4, 0.5) is 4.39 Å². The molecule has 9 heteroatoms. The number of nitriles is 1. The molecule has 0 atom stereocenters. The van der Waals surface area contributed by atoms with Crippen molar-refractivity contribution in [3.63, 3.8) is 0 Å². The molecule has 2 aromatic carbocycles. The molecule has 0 spiro atoms. The van der Waals surface area contributed by atoms with E-state index in [-0.39, 0.29) is 31.0 Å². The maximum atomic E-state index is 14.9. The maximum Gasteiger partial charge on any atom is 0.435 e. The molecule has 0 N–H and O–H groups in total. The molecule has 0 amide bonds. The summed E-state index contributed by atoms with van der Waals surface area (Å²) in [6.07, 6.45) is 0. The van der Waals surface area contributed by atoms with E-state index in [1.807, 2.05) is 0 Å². The van der Waals surface area contributed by atoms with E-state index >= 15 is 0 Å². The highest BCUT2D eigenvalue weighted by molar-refractivity contribution is 7.51. The Balaban J connectivity index is 2.87. The van der Waals surface area contributed by atoms with Crippen LogP contribution in [0.5, 0.6) is 0 Å². The number of ether oxygens (including phenoxy) is 1. The number of nitrogens with zero attached hydrogens (tertiary/aromatic N) is 2. The van der Waals surface area contributed by atoms with Crippen molar-refractivity contribution < 1.29 is 27.5 Å². The highest BCUT2D eigenvalue weighted by atomic mass is 31.2. The van der Waals surface area contributed by atoms with E-state index in [2.05, 4.69) is 0 Å². The van der Waals surface area contributed by atoms with Crippen LogP contribution in [0.15, 0.2) is 60.2 Å². The third-order valence-electron chi connectivity index (χ3n) is 4.18. The van der Waals surface area contributed by atoms with Crippen LogP contribution in [0.3, 0.4) is 0 Å². The fourth-order valence-corrected chi connectivity index (χ4v) is 4.70. The molecule has 7 nitrogen and oxygen atoms in total. The van der Waals surface area contributed by atoms with Gasteiger partial charge in [0.15, 0.2) is 5.57 Å². The Kier molecular flexibility index (Phi) is 8.95. The van der Waals surface area contributed by atoms with Gasteiger partial charge in [-0.15, -0.1) is 0 Å². The van der Waals surface area contributed by atoms with E-state index < -0.39 is 25.1 Å². The van der Waals surface area contributed by atoms with E-state index in [0.29, 0.717) is 5.56 Å². The molecule has 164 valence electrons. The third kappa shape index (κ3) is 5.80. The van der Waals surface area contributed by atoms with Gasteiger partial charge in [0.1, 0.15) is 11.9 Å². The fourth-order valence-electron chi connectivity index (χ4n) is 2.90. The predicted octanol–water partition coefficient (Wildman–Crippen LogP) is 4.92. The van der Waals surface area contributed by atoms with Crippen molar-refractivity contribution in [1.29, 1.82) is 5.26 Å². The van der Waals surface area contributed by atoms with Gasteiger partial charge in [-0.3, -0.25) is 13.7 Å². The average molecular weight is 446 g/mol. The molecule has 31 heavy (non-hydrogen) atoms. The second kappa shape index (κ2) is 11.4. The monoisotopic (exact) mass is 446 g/mol. The Labute approximate surface area is 181 Å². The topological polar surface area (TPSA) is 88.9 Å². The van der Waals surface area contributed by atoms with Gasteiger partial charge in [0.2, 0.25) is 0 Å². The Morgan fingerprint density at radius 1 is 1.06 bits per heavy atom. The summed E-state index contributed by atoms with van der Waals surface area (Å²) in [4.78, 5) is 12.4. The lowest BCUT2D eigenvalue weighted by atomic mass is 10.1. The first-order chi connectivity index (χ1) is 14.9. The number of halogens is 1. The zero-order chi connectivity index (χ0) is 22.9. The first kappa shape index (κ1) is 24.3. The number of carbonyl (C=O) groups excluding carboxylic acids is 1. The molecule has 0 heterocycles. The van der Waals surface area contributed by atoms with Crippen molar-refractivity contribution in [3.8, 4) is 6.07 Å². The zero-order valence-corrected chi connectivity index (χ0v) is 18.5. The van der Waals surface area contributed by atoms with Crippen molar-refractivity contribution in [1.82, 2.24) is 4.67 Å². The quantitative estimate of drug-likeness (QED) is 0.222. The van der Waals surface area contributed by atoms with Gasteiger partial charge in [-0.2, -0.15) is 5.26 Å². The van der Waals surface area contributed by atoms with Gasteiger partial charge in [-0.05, 0) is 31.5 Å². The minimum absolute atomic E-state index is 0.0211. The van der Waals surface area contributed by atoms with E-state index in [1.165, 1.54) is 24.3 Å². The standard InChI is InChI=1S/C22H24FN2O5P/c1-4-29-31(27,30-5-2)25(16-17-11-7-6-8-12-17)21(19(15-24)22(26)28-3)18-13-9-10-14-20(18)23/h6-14H,4-5,16H2,1-3H3. The van der Waals surface area contributed by atoms with Crippen molar-refractivity contribution in [2.75, 3.05) is 20.3 Å². The molecular weight excluding hydrogens is 422 g/mol. The van der Waals surface area contributed by atoms with Gasteiger partial charge in [-0.1, -0.05) is 42.5 Å². The second-order valence-corrected chi connectivity index (χ2v) is 8.09. The molecule has 0 aliphatic rings. The number of esters is 1. The molecule has 0 aliphatic heterocycles. The van der Waals surface area contributed by atoms with Crippen LogP contribution in [0, 0.1) is 17.1 Å². The molecule has 0 bridgehead atoms. The second-order valence-electron chi connectivity index (χ2n) is 6.15. The van der Waals surface area contributed by atoms with Gasteiger partial charge in [-0.25, -0.2) is 13.8 Å². The van der Waals surface area contributed by atoms with Crippen molar-refractivity contribution >= 4 is 19.4 Å². The first-order valence-electron chi connectivity index (χ1n) is 9.60. The summed E-state index contributed by atoms with van der Waals surface area (Å²) in [7, 11) is -3.00. The van der Waals surface area contributed by atoms with Crippen LogP contribution >= 0.6 is 7.75 Å².